The summed E-state index contributed by atoms with van der Waals surface area (Å²) >= 11 is 1.79. The Morgan fingerprint density at radius 2 is 2.40 bits per heavy atom. The van der Waals surface area contributed by atoms with Crippen molar-refractivity contribution in [3.05, 3.63) is 22.4 Å². The van der Waals surface area contributed by atoms with E-state index in [2.05, 4.69) is 36.7 Å². The van der Waals surface area contributed by atoms with Crippen LogP contribution < -0.4 is 5.32 Å². The molecule has 0 fully saturated rings. The number of rotatable bonds is 8. The molecule has 1 rings (SSSR count). The lowest BCUT2D eigenvalue weighted by Gasteiger charge is -2.13. The number of hydrogen-bond donors (Lipinski definition) is 1. The molecular formula is C12H21NOS. The summed E-state index contributed by atoms with van der Waals surface area (Å²) in [6.45, 7) is 7.08. The van der Waals surface area contributed by atoms with E-state index in [0.717, 1.165) is 26.1 Å². The van der Waals surface area contributed by atoms with Gasteiger partial charge in [0.2, 0.25) is 0 Å². The van der Waals surface area contributed by atoms with Gasteiger partial charge in [-0.15, -0.1) is 11.3 Å². The molecule has 0 aliphatic rings. The summed E-state index contributed by atoms with van der Waals surface area (Å²) in [6.07, 6.45) is 2.68. The van der Waals surface area contributed by atoms with Crippen molar-refractivity contribution in [2.45, 2.75) is 39.3 Å². The van der Waals surface area contributed by atoms with Crippen LogP contribution in [0.2, 0.25) is 0 Å². The molecule has 2 nitrogen and oxygen atoms in total. The van der Waals surface area contributed by atoms with Gasteiger partial charge in [0.25, 0.3) is 0 Å². The maximum Gasteiger partial charge on any atom is 0.0671 e. The Hall–Kier alpha value is -0.380. The zero-order valence-corrected chi connectivity index (χ0v) is 10.5. The molecule has 1 atom stereocenters. The second kappa shape index (κ2) is 7.85. The quantitative estimate of drug-likeness (QED) is 0.689. The minimum Gasteiger partial charge on any atom is -0.377 e. The van der Waals surface area contributed by atoms with Gasteiger partial charge in [-0.05, 0) is 24.8 Å². The van der Waals surface area contributed by atoms with Gasteiger partial charge in [0.05, 0.1) is 6.10 Å². The van der Waals surface area contributed by atoms with Crippen LogP contribution in [0.1, 0.15) is 31.6 Å². The molecule has 1 aromatic heterocycles. The Bertz CT molecular complexity index is 236. The van der Waals surface area contributed by atoms with Crippen molar-refractivity contribution in [1.82, 2.24) is 5.32 Å². The smallest absolute Gasteiger partial charge is 0.0671 e. The number of thiophene rings is 1. The van der Waals surface area contributed by atoms with Crippen LogP contribution in [0.4, 0.5) is 0 Å². The fourth-order valence-electron chi connectivity index (χ4n) is 1.30. The van der Waals surface area contributed by atoms with Crippen LogP contribution in [0, 0.1) is 0 Å². The predicted octanol–water partition coefficient (Wildman–Crippen LogP) is 3.04. The standard InChI is InChI=1S/C12H21NOS/c1-3-4-7-14-11(2)9-13-10-12-6-5-8-15-12/h5-6,8,11,13H,3-4,7,9-10H2,1-2H3. The van der Waals surface area contributed by atoms with Gasteiger partial charge in [-0.1, -0.05) is 19.4 Å². The van der Waals surface area contributed by atoms with E-state index in [9.17, 15) is 0 Å². The molecule has 1 aromatic rings. The second-order valence-electron chi connectivity index (χ2n) is 3.75. The molecule has 0 aliphatic carbocycles. The first-order chi connectivity index (χ1) is 7.33. The Balaban J connectivity index is 1.99. The van der Waals surface area contributed by atoms with Crippen molar-refractivity contribution < 1.29 is 4.74 Å². The Morgan fingerprint density at radius 1 is 1.53 bits per heavy atom. The Labute approximate surface area is 96.7 Å². The average Bonchev–Trinajstić information content (AvgIpc) is 2.71. The maximum atomic E-state index is 5.64. The molecule has 0 amide bonds. The van der Waals surface area contributed by atoms with Gasteiger partial charge in [-0.25, -0.2) is 0 Å². The molecule has 15 heavy (non-hydrogen) atoms. The molecular weight excluding hydrogens is 206 g/mol. The summed E-state index contributed by atoms with van der Waals surface area (Å²) < 4.78 is 5.64. The molecule has 0 aromatic carbocycles. The van der Waals surface area contributed by atoms with E-state index in [1.807, 2.05) is 0 Å². The summed E-state index contributed by atoms with van der Waals surface area (Å²) in [5.74, 6) is 0. The van der Waals surface area contributed by atoms with Gasteiger partial charge < -0.3 is 10.1 Å². The summed E-state index contributed by atoms with van der Waals surface area (Å²) in [7, 11) is 0. The topological polar surface area (TPSA) is 21.3 Å². The highest BCUT2D eigenvalue weighted by atomic mass is 32.1. The van der Waals surface area contributed by atoms with Gasteiger partial charge in [0.15, 0.2) is 0 Å². The van der Waals surface area contributed by atoms with Crippen LogP contribution in [-0.2, 0) is 11.3 Å². The van der Waals surface area contributed by atoms with Crippen molar-refractivity contribution in [2.24, 2.45) is 0 Å². The third kappa shape index (κ3) is 5.92. The van der Waals surface area contributed by atoms with E-state index in [1.165, 1.54) is 11.3 Å². The van der Waals surface area contributed by atoms with Crippen molar-refractivity contribution in [2.75, 3.05) is 13.2 Å². The van der Waals surface area contributed by atoms with Crippen LogP contribution in [0.5, 0.6) is 0 Å². The largest absolute Gasteiger partial charge is 0.377 e. The zero-order valence-electron chi connectivity index (χ0n) is 9.66. The van der Waals surface area contributed by atoms with E-state index in [0.29, 0.717) is 6.10 Å². The molecule has 0 saturated heterocycles. The maximum absolute atomic E-state index is 5.64. The monoisotopic (exact) mass is 227 g/mol. The van der Waals surface area contributed by atoms with E-state index < -0.39 is 0 Å². The van der Waals surface area contributed by atoms with Crippen LogP contribution >= 0.6 is 11.3 Å². The summed E-state index contributed by atoms with van der Waals surface area (Å²) in [4.78, 5) is 1.38. The van der Waals surface area contributed by atoms with Crippen molar-refractivity contribution >= 4 is 11.3 Å². The highest BCUT2D eigenvalue weighted by molar-refractivity contribution is 7.09. The number of nitrogens with one attached hydrogen (secondary N) is 1. The normalized spacial score (nSPS) is 12.9. The van der Waals surface area contributed by atoms with E-state index in [-0.39, 0.29) is 0 Å². The molecule has 86 valence electrons. The molecule has 1 unspecified atom stereocenters. The number of hydrogen-bond acceptors (Lipinski definition) is 3. The number of unbranched alkanes of at least 4 members (excludes halogenated alkanes) is 1. The third-order valence-corrected chi connectivity index (χ3v) is 3.09. The van der Waals surface area contributed by atoms with E-state index in [4.69, 9.17) is 4.74 Å². The van der Waals surface area contributed by atoms with Crippen LogP contribution in [0.3, 0.4) is 0 Å². The molecule has 0 saturated carbocycles. The Morgan fingerprint density at radius 3 is 3.07 bits per heavy atom. The first-order valence-electron chi connectivity index (χ1n) is 5.67. The molecule has 0 aliphatic heterocycles. The number of ether oxygens (including phenoxy) is 1. The lowest BCUT2D eigenvalue weighted by atomic mass is 10.3. The van der Waals surface area contributed by atoms with Crippen LogP contribution in [0.15, 0.2) is 17.5 Å². The van der Waals surface area contributed by atoms with Crippen LogP contribution in [0.25, 0.3) is 0 Å². The molecule has 0 bridgehead atoms. The first-order valence-corrected chi connectivity index (χ1v) is 6.55. The Kier molecular flexibility index (Phi) is 6.64. The van der Waals surface area contributed by atoms with Gasteiger partial charge in [-0.3, -0.25) is 0 Å². The van der Waals surface area contributed by atoms with Crippen molar-refractivity contribution in [1.29, 1.82) is 0 Å². The van der Waals surface area contributed by atoms with Gasteiger partial charge in [-0.2, -0.15) is 0 Å². The third-order valence-electron chi connectivity index (χ3n) is 2.21. The second-order valence-corrected chi connectivity index (χ2v) is 4.78. The predicted molar refractivity (Wildman–Crippen MR) is 66.3 cm³/mol. The lowest BCUT2D eigenvalue weighted by Crippen LogP contribution is -2.26. The zero-order chi connectivity index (χ0) is 10.9. The summed E-state index contributed by atoms with van der Waals surface area (Å²) in [5.41, 5.74) is 0. The van der Waals surface area contributed by atoms with Crippen LogP contribution in [-0.4, -0.2) is 19.3 Å². The van der Waals surface area contributed by atoms with E-state index >= 15 is 0 Å². The van der Waals surface area contributed by atoms with Crippen molar-refractivity contribution in [3.8, 4) is 0 Å². The van der Waals surface area contributed by atoms with Gasteiger partial charge in [0, 0.05) is 24.6 Å². The SMILES string of the molecule is CCCCOC(C)CNCc1cccs1. The first kappa shape index (κ1) is 12.7. The molecule has 1 heterocycles. The fraction of sp³-hybridized carbons (Fsp3) is 0.667. The minimum atomic E-state index is 0.316. The minimum absolute atomic E-state index is 0.316. The summed E-state index contributed by atoms with van der Waals surface area (Å²) in [6, 6.07) is 4.24. The highest BCUT2D eigenvalue weighted by Crippen LogP contribution is 2.07. The van der Waals surface area contributed by atoms with E-state index in [1.54, 1.807) is 11.3 Å². The lowest BCUT2D eigenvalue weighted by molar-refractivity contribution is 0.0638. The molecule has 3 heteroatoms. The van der Waals surface area contributed by atoms with Gasteiger partial charge >= 0.3 is 0 Å². The summed E-state index contributed by atoms with van der Waals surface area (Å²) in [5, 5.41) is 5.51. The molecule has 0 radical (unpaired) electrons. The van der Waals surface area contributed by atoms with Gasteiger partial charge in [0.1, 0.15) is 0 Å². The average molecular weight is 227 g/mol. The highest BCUT2D eigenvalue weighted by Gasteiger charge is 2.01. The van der Waals surface area contributed by atoms with Crippen molar-refractivity contribution in [3.63, 3.8) is 0 Å². The molecule has 1 N–H and O–H groups in total. The molecule has 0 spiro atoms. The fourth-order valence-corrected chi connectivity index (χ4v) is 1.97.